The molecule has 0 N–H and O–H groups in total. The van der Waals surface area contributed by atoms with E-state index in [1.165, 1.54) is 0 Å². The van der Waals surface area contributed by atoms with Gasteiger partial charge in [-0.1, -0.05) is 49.6 Å². The average Bonchev–Trinajstić information content (AvgIpc) is 2.46. The molecule has 16 heavy (non-hydrogen) atoms. The van der Waals surface area contributed by atoms with Crippen molar-refractivity contribution in [3.63, 3.8) is 0 Å². The fraction of sp³-hybridized carbons (Fsp3) is 0. The molecule has 1 nitrogen and oxygen atoms in total. The highest BCUT2D eigenvalue weighted by atomic mass is 35.5. The molecular formula is C14H12ClN. The van der Waals surface area contributed by atoms with E-state index in [1.54, 1.807) is 16.6 Å². The largest absolute Gasteiger partial charge is 0.252 e. The van der Waals surface area contributed by atoms with Gasteiger partial charge in [0.2, 0.25) is 0 Å². The molecule has 1 heterocycles. The topological polar surface area (TPSA) is 3.24 Å². The summed E-state index contributed by atoms with van der Waals surface area (Å²) in [6, 6.07) is 7.94. The summed E-state index contributed by atoms with van der Waals surface area (Å²) in [5.41, 5.74) is 3.83. The number of halogens is 1. The molecule has 0 aliphatic carbocycles. The maximum Gasteiger partial charge on any atom is 0.0653 e. The van der Waals surface area contributed by atoms with E-state index in [0.717, 1.165) is 22.5 Å². The van der Waals surface area contributed by atoms with Gasteiger partial charge in [0.15, 0.2) is 0 Å². The normalized spacial score (nSPS) is 14.4. The number of fused-ring (bicyclic) bond motifs is 1. The summed E-state index contributed by atoms with van der Waals surface area (Å²) in [7, 11) is 0. The molecule has 0 amide bonds. The SMILES string of the molecule is C=CC1=C(C=C)N(Cl)c2ccccc2C=C1. The van der Waals surface area contributed by atoms with Crippen LogP contribution in [0.3, 0.4) is 0 Å². The Kier molecular flexibility index (Phi) is 2.97. The molecule has 0 fully saturated rings. The van der Waals surface area contributed by atoms with Crippen molar-refractivity contribution in [1.29, 1.82) is 0 Å². The zero-order chi connectivity index (χ0) is 11.5. The van der Waals surface area contributed by atoms with Gasteiger partial charge in [0.05, 0.1) is 11.4 Å². The van der Waals surface area contributed by atoms with Gasteiger partial charge in [0.25, 0.3) is 0 Å². The molecule has 2 rings (SSSR count). The number of para-hydroxylation sites is 1. The molecule has 0 atom stereocenters. The maximum atomic E-state index is 6.31. The lowest BCUT2D eigenvalue weighted by Gasteiger charge is -2.18. The highest BCUT2D eigenvalue weighted by molar-refractivity contribution is 6.28. The zero-order valence-corrected chi connectivity index (χ0v) is 9.61. The second-order valence-electron chi connectivity index (χ2n) is 3.42. The van der Waals surface area contributed by atoms with Crippen molar-refractivity contribution >= 4 is 23.5 Å². The molecule has 0 bridgehead atoms. The quantitative estimate of drug-likeness (QED) is 0.684. The first-order valence-electron chi connectivity index (χ1n) is 5.00. The fourth-order valence-corrected chi connectivity index (χ4v) is 2.01. The van der Waals surface area contributed by atoms with Gasteiger partial charge >= 0.3 is 0 Å². The Morgan fingerprint density at radius 1 is 1.06 bits per heavy atom. The minimum absolute atomic E-state index is 0.845. The summed E-state index contributed by atoms with van der Waals surface area (Å²) in [6.45, 7) is 7.56. The Morgan fingerprint density at radius 3 is 2.50 bits per heavy atom. The van der Waals surface area contributed by atoms with Crippen LogP contribution in [0.4, 0.5) is 5.69 Å². The molecule has 80 valence electrons. The van der Waals surface area contributed by atoms with E-state index in [1.807, 2.05) is 36.4 Å². The van der Waals surface area contributed by atoms with E-state index < -0.39 is 0 Å². The third-order valence-electron chi connectivity index (χ3n) is 2.51. The molecular weight excluding hydrogens is 218 g/mol. The average molecular weight is 230 g/mol. The third kappa shape index (κ3) is 1.70. The van der Waals surface area contributed by atoms with Crippen LogP contribution in [0.1, 0.15) is 5.56 Å². The number of hydrogen-bond acceptors (Lipinski definition) is 1. The van der Waals surface area contributed by atoms with Gasteiger partial charge in [-0.25, -0.2) is 0 Å². The van der Waals surface area contributed by atoms with E-state index in [9.17, 15) is 0 Å². The first-order chi connectivity index (χ1) is 7.77. The van der Waals surface area contributed by atoms with Crippen molar-refractivity contribution in [3.05, 3.63) is 72.5 Å². The van der Waals surface area contributed by atoms with Crippen LogP contribution < -0.4 is 4.42 Å². The maximum absolute atomic E-state index is 6.31. The Hall–Kier alpha value is -1.73. The molecule has 1 aromatic rings. The summed E-state index contributed by atoms with van der Waals surface area (Å²) in [5.74, 6) is 0. The molecule has 0 spiro atoms. The third-order valence-corrected chi connectivity index (χ3v) is 2.88. The molecule has 0 saturated heterocycles. The molecule has 1 aliphatic rings. The van der Waals surface area contributed by atoms with Crippen LogP contribution in [0.25, 0.3) is 6.08 Å². The summed E-state index contributed by atoms with van der Waals surface area (Å²) >= 11 is 6.31. The van der Waals surface area contributed by atoms with Crippen LogP contribution in [-0.2, 0) is 0 Å². The molecule has 0 saturated carbocycles. The molecule has 2 heteroatoms. The van der Waals surface area contributed by atoms with Gasteiger partial charge in [-0.05, 0) is 23.3 Å². The number of hydrogen-bond donors (Lipinski definition) is 0. The highest BCUT2D eigenvalue weighted by Gasteiger charge is 2.14. The van der Waals surface area contributed by atoms with Gasteiger partial charge in [0.1, 0.15) is 0 Å². The van der Waals surface area contributed by atoms with Crippen LogP contribution in [0, 0.1) is 0 Å². The predicted molar refractivity (Wildman–Crippen MR) is 71.2 cm³/mol. The summed E-state index contributed by atoms with van der Waals surface area (Å²) in [6.07, 6.45) is 7.52. The van der Waals surface area contributed by atoms with Crippen molar-refractivity contribution in [2.75, 3.05) is 4.42 Å². The van der Waals surface area contributed by atoms with Crippen LogP contribution >= 0.6 is 11.8 Å². The minimum atomic E-state index is 0.845. The molecule has 0 radical (unpaired) electrons. The first kappa shape index (κ1) is 10.8. The summed E-state index contributed by atoms with van der Waals surface area (Å²) < 4.78 is 1.61. The van der Waals surface area contributed by atoms with Gasteiger partial charge in [-0.2, -0.15) is 0 Å². The highest BCUT2D eigenvalue weighted by Crippen LogP contribution is 2.32. The lowest BCUT2D eigenvalue weighted by atomic mass is 10.1. The molecule has 0 unspecified atom stereocenters. The lowest BCUT2D eigenvalue weighted by Crippen LogP contribution is -2.09. The van der Waals surface area contributed by atoms with Gasteiger partial charge < -0.3 is 0 Å². The summed E-state index contributed by atoms with van der Waals surface area (Å²) in [4.78, 5) is 0. The van der Waals surface area contributed by atoms with Gasteiger partial charge in [-0.3, -0.25) is 4.42 Å². The van der Waals surface area contributed by atoms with Crippen LogP contribution in [0.15, 0.2) is 66.9 Å². The van der Waals surface area contributed by atoms with Crippen molar-refractivity contribution in [2.45, 2.75) is 0 Å². The molecule has 0 aromatic heterocycles. The van der Waals surface area contributed by atoms with E-state index >= 15 is 0 Å². The van der Waals surface area contributed by atoms with Crippen molar-refractivity contribution in [1.82, 2.24) is 0 Å². The van der Waals surface area contributed by atoms with E-state index in [0.29, 0.717) is 0 Å². The number of nitrogens with zero attached hydrogens (tertiary/aromatic N) is 1. The monoisotopic (exact) mass is 229 g/mol. The second-order valence-corrected chi connectivity index (χ2v) is 3.76. The van der Waals surface area contributed by atoms with Crippen molar-refractivity contribution in [2.24, 2.45) is 0 Å². The number of anilines is 1. The minimum Gasteiger partial charge on any atom is -0.252 e. The van der Waals surface area contributed by atoms with Crippen LogP contribution in [0.2, 0.25) is 0 Å². The van der Waals surface area contributed by atoms with E-state index in [4.69, 9.17) is 11.8 Å². The molecule has 1 aromatic carbocycles. The van der Waals surface area contributed by atoms with Crippen molar-refractivity contribution in [3.8, 4) is 0 Å². The van der Waals surface area contributed by atoms with Crippen molar-refractivity contribution < 1.29 is 0 Å². The number of allylic oxidation sites excluding steroid dienone is 4. The van der Waals surface area contributed by atoms with E-state index in [2.05, 4.69) is 13.2 Å². The van der Waals surface area contributed by atoms with Gasteiger partial charge in [0, 0.05) is 11.8 Å². The Bertz CT molecular complexity index is 497. The Balaban J connectivity index is 2.64. The standard InChI is InChI=1S/C14H12ClN/c1-3-11-9-10-12-7-5-6-8-14(12)16(15)13(11)4-2/h3-10H,1-2H2. The zero-order valence-electron chi connectivity index (χ0n) is 8.86. The number of benzene rings is 1. The second kappa shape index (κ2) is 4.42. The lowest BCUT2D eigenvalue weighted by molar-refractivity contribution is 1.31. The van der Waals surface area contributed by atoms with Crippen LogP contribution in [0.5, 0.6) is 0 Å². The Labute approximate surface area is 101 Å². The van der Waals surface area contributed by atoms with Gasteiger partial charge in [-0.15, -0.1) is 0 Å². The summed E-state index contributed by atoms with van der Waals surface area (Å²) in [5, 5.41) is 0. The van der Waals surface area contributed by atoms with Crippen LogP contribution in [-0.4, -0.2) is 0 Å². The molecule has 1 aliphatic heterocycles. The first-order valence-corrected chi connectivity index (χ1v) is 5.34. The van der Waals surface area contributed by atoms with E-state index in [-0.39, 0.29) is 0 Å². The Morgan fingerprint density at radius 2 is 1.81 bits per heavy atom. The fourth-order valence-electron chi connectivity index (χ4n) is 1.69. The number of rotatable bonds is 2. The smallest absolute Gasteiger partial charge is 0.0653 e. The predicted octanol–water partition coefficient (Wildman–Crippen LogP) is 4.30.